The van der Waals surface area contributed by atoms with E-state index >= 15 is 0 Å². The van der Waals surface area contributed by atoms with Crippen LogP contribution in [0.15, 0.2) is 17.3 Å². The van der Waals surface area contributed by atoms with Crippen molar-refractivity contribution in [2.24, 2.45) is 0 Å². The highest BCUT2D eigenvalue weighted by atomic mass is 16.3. The second-order valence-electron chi connectivity index (χ2n) is 3.57. The summed E-state index contributed by atoms with van der Waals surface area (Å²) < 4.78 is 5.39. The van der Waals surface area contributed by atoms with Crippen LogP contribution in [0, 0.1) is 6.92 Å². The first-order valence-corrected chi connectivity index (χ1v) is 4.91. The van der Waals surface area contributed by atoms with Crippen molar-refractivity contribution in [3.05, 3.63) is 29.7 Å². The molecule has 1 atom stereocenters. The standard InChI is InChI=1S/C12H18O/c1-5-7-9(3)11-8-13-12(6-2)10(11)4/h6,8-9H,2,5,7H2,1,3-4H3. The number of hydrogen-bond donors (Lipinski definition) is 0. The Labute approximate surface area is 80.5 Å². The zero-order valence-corrected chi connectivity index (χ0v) is 8.76. The molecule has 13 heavy (non-hydrogen) atoms. The molecule has 0 radical (unpaired) electrons. The van der Waals surface area contributed by atoms with Gasteiger partial charge in [-0.25, -0.2) is 0 Å². The molecule has 0 N–H and O–H groups in total. The molecule has 1 heterocycles. The van der Waals surface area contributed by atoms with Gasteiger partial charge in [0.15, 0.2) is 0 Å². The SMILES string of the molecule is C=Cc1occ(C(C)CCC)c1C. The van der Waals surface area contributed by atoms with Crippen molar-refractivity contribution in [1.29, 1.82) is 0 Å². The topological polar surface area (TPSA) is 13.1 Å². The Kier molecular flexibility index (Phi) is 3.35. The Morgan fingerprint density at radius 3 is 2.77 bits per heavy atom. The van der Waals surface area contributed by atoms with Crippen LogP contribution < -0.4 is 0 Å². The van der Waals surface area contributed by atoms with Crippen molar-refractivity contribution in [3.8, 4) is 0 Å². The Hall–Kier alpha value is -0.980. The number of rotatable bonds is 4. The fraction of sp³-hybridized carbons (Fsp3) is 0.500. The first-order valence-electron chi connectivity index (χ1n) is 4.91. The van der Waals surface area contributed by atoms with Crippen molar-refractivity contribution >= 4 is 6.08 Å². The lowest BCUT2D eigenvalue weighted by Crippen LogP contribution is -1.92. The van der Waals surface area contributed by atoms with E-state index in [1.807, 2.05) is 6.26 Å². The summed E-state index contributed by atoms with van der Waals surface area (Å²) in [5.41, 5.74) is 2.58. The lowest BCUT2D eigenvalue weighted by molar-refractivity contribution is 0.546. The van der Waals surface area contributed by atoms with Crippen LogP contribution in [-0.4, -0.2) is 0 Å². The van der Waals surface area contributed by atoms with Gasteiger partial charge in [0.25, 0.3) is 0 Å². The molecule has 0 saturated heterocycles. The summed E-state index contributed by atoms with van der Waals surface area (Å²) in [6.07, 6.45) is 6.08. The van der Waals surface area contributed by atoms with Crippen LogP contribution in [0.25, 0.3) is 6.08 Å². The summed E-state index contributed by atoms with van der Waals surface area (Å²) in [5.74, 6) is 1.51. The van der Waals surface area contributed by atoms with Gasteiger partial charge in [0.1, 0.15) is 5.76 Å². The summed E-state index contributed by atoms with van der Waals surface area (Å²) in [6.45, 7) is 10.3. The molecule has 0 bridgehead atoms. The average Bonchev–Trinajstić information content (AvgIpc) is 2.47. The van der Waals surface area contributed by atoms with E-state index in [2.05, 4.69) is 27.4 Å². The Morgan fingerprint density at radius 2 is 2.31 bits per heavy atom. The maximum Gasteiger partial charge on any atom is 0.129 e. The quantitative estimate of drug-likeness (QED) is 0.675. The number of hydrogen-bond acceptors (Lipinski definition) is 1. The van der Waals surface area contributed by atoms with E-state index in [4.69, 9.17) is 4.42 Å². The lowest BCUT2D eigenvalue weighted by Gasteiger charge is -2.07. The average molecular weight is 178 g/mol. The highest BCUT2D eigenvalue weighted by molar-refractivity contribution is 5.48. The van der Waals surface area contributed by atoms with Gasteiger partial charge in [0.05, 0.1) is 6.26 Å². The normalized spacial score (nSPS) is 12.8. The molecule has 72 valence electrons. The third-order valence-electron chi connectivity index (χ3n) is 2.55. The highest BCUT2D eigenvalue weighted by Crippen LogP contribution is 2.27. The largest absolute Gasteiger partial charge is 0.464 e. The van der Waals surface area contributed by atoms with E-state index in [0.29, 0.717) is 5.92 Å². The molecule has 0 aromatic carbocycles. The summed E-state index contributed by atoms with van der Waals surface area (Å²) >= 11 is 0. The summed E-state index contributed by atoms with van der Waals surface area (Å²) in [4.78, 5) is 0. The minimum atomic E-state index is 0.599. The van der Waals surface area contributed by atoms with Crippen molar-refractivity contribution in [1.82, 2.24) is 0 Å². The van der Waals surface area contributed by atoms with Crippen LogP contribution in [0.4, 0.5) is 0 Å². The minimum absolute atomic E-state index is 0.599. The van der Waals surface area contributed by atoms with Crippen LogP contribution in [0.2, 0.25) is 0 Å². The third-order valence-corrected chi connectivity index (χ3v) is 2.55. The van der Waals surface area contributed by atoms with Crippen LogP contribution in [0.5, 0.6) is 0 Å². The van der Waals surface area contributed by atoms with Crippen LogP contribution in [0.3, 0.4) is 0 Å². The second-order valence-corrected chi connectivity index (χ2v) is 3.57. The van der Waals surface area contributed by atoms with E-state index in [-0.39, 0.29) is 0 Å². The summed E-state index contributed by atoms with van der Waals surface area (Å²) in [7, 11) is 0. The third kappa shape index (κ3) is 2.03. The van der Waals surface area contributed by atoms with Gasteiger partial charge in [-0.15, -0.1) is 0 Å². The number of furan rings is 1. The molecule has 0 aliphatic heterocycles. The molecule has 0 amide bonds. The fourth-order valence-corrected chi connectivity index (χ4v) is 1.72. The van der Waals surface area contributed by atoms with E-state index in [1.54, 1.807) is 6.08 Å². The predicted octanol–water partition coefficient (Wildman–Crippen LogP) is 4.13. The van der Waals surface area contributed by atoms with Gasteiger partial charge < -0.3 is 4.42 Å². The molecule has 1 unspecified atom stereocenters. The van der Waals surface area contributed by atoms with Gasteiger partial charge in [-0.2, -0.15) is 0 Å². The van der Waals surface area contributed by atoms with Crippen molar-refractivity contribution < 1.29 is 4.42 Å². The zero-order valence-electron chi connectivity index (χ0n) is 8.76. The van der Waals surface area contributed by atoms with Gasteiger partial charge >= 0.3 is 0 Å². The first kappa shape index (κ1) is 10.1. The molecule has 1 aromatic heterocycles. The Bertz CT molecular complexity index is 283. The summed E-state index contributed by atoms with van der Waals surface area (Å²) in [5, 5.41) is 0. The molecule has 1 rings (SSSR count). The molecule has 0 aliphatic rings. The van der Waals surface area contributed by atoms with Crippen LogP contribution in [0.1, 0.15) is 49.5 Å². The maximum absolute atomic E-state index is 5.39. The second kappa shape index (κ2) is 4.31. The summed E-state index contributed by atoms with van der Waals surface area (Å²) in [6, 6.07) is 0. The van der Waals surface area contributed by atoms with E-state index in [9.17, 15) is 0 Å². The molecular formula is C12H18O. The van der Waals surface area contributed by atoms with Crippen LogP contribution >= 0.6 is 0 Å². The molecule has 0 saturated carbocycles. The van der Waals surface area contributed by atoms with E-state index in [1.165, 1.54) is 24.0 Å². The lowest BCUT2D eigenvalue weighted by atomic mass is 9.95. The molecular weight excluding hydrogens is 160 g/mol. The zero-order chi connectivity index (χ0) is 9.84. The first-order chi connectivity index (χ1) is 6.20. The minimum Gasteiger partial charge on any atom is -0.464 e. The Balaban J connectivity index is 2.88. The monoisotopic (exact) mass is 178 g/mol. The molecule has 1 nitrogen and oxygen atoms in total. The maximum atomic E-state index is 5.39. The van der Waals surface area contributed by atoms with Gasteiger partial charge in [-0.05, 0) is 36.5 Å². The van der Waals surface area contributed by atoms with Gasteiger partial charge in [0, 0.05) is 0 Å². The van der Waals surface area contributed by atoms with E-state index < -0.39 is 0 Å². The van der Waals surface area contributed by atoms with Gasteiger partial charge in [0.2, 0.25) is 0 Å². The predicted molar refractivity (Wildman–Crippen MR) is 56.9 cm³/mol. The molecule has 1 heteroatoms. The molecule has 1 aromatic rings. The van der Waals surface area contributed by atoms with Crippen LogP contribution in [-0.2, 0) is 0 Å². The molecule has 0 fully saturated rings. The highest BCUT2D eigenvalue weighted by Gasteiger charge is 2.12. The molecule has 0 aliphatic carbocycles. The molecule has 0 spiro atoms. The van der Waals surface area contributed by atoms with Crippen molar-refractivity contribution in [2.75, 3.05) is 0 Å². The smallest absolute Gasteiger partial charge is 0.129 e. The van der Waals surface area contributed by atoms with E-state index in [0.717, 1.165) is 5.76 Å². The fourth-order valence-electron chi connectivity index (χ4n) is 1.72. The van der Waals surface area contributed by atoms with Crippen molar-refractivity contribution in [3.63, 3.8) is 0 Å². The van der Waals surface area contributed by atoms with Gasteiger partial charge in [-0.1, -0.05) is 26.8 Å². The van der Waals surface area contributed by atoms with Crippen molar-refractivity contribution in [2.45, 2.75) is 39.5 Å². The van der Waals surface area contributed by atoms with Gasteiger partial charge in [-0.3, -0.25) is 0 Å². The Morgan fingerprint density at radius 1 is 1.62 bits per heavy atom.